The monoisotopic (exact) mass is 408 g/mol. The van der Waals surface area contributed by atoms with Gasteiger partial charge in [0.05, 0.1) is 17.3 Å². The van der Waals surface area contributed by atoms with Crippen LogP contribution in [0.1, 0.15) is 43.8 Å². The van der Waals surface area contributed by atoms with E-state index >= 15 is 0 Å². The number of aromatic nitrogens is 4. The molecule has 1 aliphatic rings. The van der Waals surface area contributed by atoms with Crippen LogP contribution in [0, 0.1) is 12.7 Å². The van der Waals surface area contributed by atoms with Gasteiger partial charge in [0.2, 0.25) is 0 Å². The molecule has 0 saturated carbocycles. The third-order valence-electron chi connectivity index (χ3n) is 5.64. The van der Waals surface area contributed by atoms with Gasteiger partial charge in [0, 0.05) is 26.2 Å². The Hall–Kier alpha value is -2.80. The van der Waals surface area contributed by atoms with Crippen LogP contribution in [0.25, 0.3) is 0 Å². The highest BCUT2D eigenvalue weighted by atomic mass is 19.1. The third-order valence-corrected chi connectivity index (χ3v) is 5.64. The van der Waals surface area contributed by atoms with Gasteiger partial charge in [-0.25, -0.2) is 9.07 Å². The summed E-state index contributed by atoms with van der Waals surface area (Å²) in [4.78, 5) is 4.51. The van der Waals surface area contributed by atoms with Gasteiger partial charge in [-0.2, -0.15) is 0 Å². The lowest BCUT2D eigenvalue weighted by Gasteiger charge is -2.40. The number of rotatable bonds is 4. The summed E-state index contributed by atoms with van der Waals surface area (Å²) in [5.41, 5.74) is 2.83. The highest BCUT2D eigenvalue weighted by Gasteiger charge is 2.33. The summed E-state index contributed by atoms with van der Waals surface area (Å²) in [6.45, 7) is 11.5. The first-order valence-corrected chi connectivity index (χ1v) is 10.4. The molecule has 1 fully saturated rings. The smallest absolute Gasteiger partial charge is 0.173 e. The SMILES string of the molecule is Cc1ccc([C@@H](c2nnnn2C(C)(C)C)N2CCN(c3ccccc3F)CC2)cc1. The average Bonchev–Trinajstić information content (AvgIpc) is 3.21. The molecule has 0 radical (unpaired) electrons. The first kappa shape index (κ1) is 20.5. The lowest BCUT2D eigenvalue weighted by molar-refractivity contribution is 0.191. The minimum atomic E-state index is -0.225. The predicted molar refractivity (Wildman–Crippen MR) is 116 cm³/mol. The molecular weight excluding hydrogens is 379 g/mol. The van der Waals surface area contributed by atoms with Gasteiger partial charge in [-0.3, -0.25) is 4.90 Å². The van der Waals surface area contributed by atoms with Crippen molar-refractivity contribution in [1.82, 2.24) is 25.1 Å². The highest BCUT2D eigenvalue weighted by Crippen LogP contribution is 2.31. The molecule has 7 heteroatoms. The van der Waals surface area contributed by atoms with Gasteiger partial charge in [0.25, 0.3) is 0 Å². The van der Waals surface area contributed by atoms with Crippen LogP contribution < -0.4 is 4.90 Å². The number of anilines is 1. The van der Waals surface area contributed by atoms with Gasteiger partial charge in [0.15, 0.2) is 5.82 Å². The molecule has 0 unspecified atom stereocenters. The van der Waals surface area contributed by atoms with Gasteiger partial charge >= 0.3 is 0 Å². The predicted octanol–water partition coefficient (Wildman–Crippen LogP) is 3.79. The average molecular weight is 409 g/mol. The molecule has 0 aliphatic carbocycles. The zero-order chi connectivity index (χ0) is 21.3. The van der Waals surface area contributed by atoms with E-state index in [1.54, 1.807) is 6.07 Å². The lowest BCUT2D eigenvalue weighted by atomic mass is 10.0. The molecule has 0 N–H and O–H groups in total. The van der Waals surface area contributed by atoms with E-state index in [4.69, 9.17) is 0 Å². The number of piperazine rings is 1. The zero-order valence-corrected chi connectivity index (χ0v) is 18.1. The molecule has 3 aromatic rings. The van der Waals surface area contributed by atoms with Crippen LogP contribution in [-0.2, 0) is 5.54 Å². The molecule has 2 aromatic carbocycles. The topological polar surface area (TPSA) is 50.1 Å². The number of halogens is 1. The van der Waals surface area contributed by atoms with Crippen molar-refractivity contribution in [1.29, 1.82) is 0 Å². The van der Waals surface area contributed by atoms with Crippen molar-refractivity contribution in [3.05, 3.63) is 71.3 Å². The minimum absolute atomic E-state index is 0.0532. The maximum atomic E-state index is 14.3. The third kappa shape index (κ3) is 4.07. The van der Waals surface area contributed by atoms with E-state index in [0.717, 1.165) is 32.0 Å². The fourth-order valence-electron chi connectivity index (χ4n) is 4.04. The number of benzene rings is 2. The molecule has 158 valence electrons. The Kier molecular flexibility index (Phi) is 5.56. The largest absolute Gasteiger partial charge is 0.367 e. The lowest BCUT2D eigenvalue weighted by Crippen LogP contribution is -2.49. The minimum Gasteiger partial charge on any atom is -0.367 e. The Bertz CT molecular complexity index is 983. The second-order valence-corrected chi connectivity index (χ2v) is 8.91. The summed E-state index contributed by atoms with van der Waals surface area (Å²) in [6.07, 6.45) is 0. The summed E-state index contributed by atoms with van der Waals surface area (Å²) in [6, 6.07) is 15.5. The van der Waals surface area contributed by atoms with Gasteiger partial charge < -0.3 is 4.90 Å². The molecule has 4 rings (SSSR count). The first-order chi connectivity index (χ1) is 14.3. The van der Waals surface area contributed by atoms with Crippen molar-refractivity contribution in [2.75, 3.05) is 31.1 Å². The first-order valence-electron chi connectivity index (χ1n) is 10.4. The van der Waals surface area contributed by atoms with E-state index in [1.165, 1.54) is 17.2 Å². The Morgan fingerprint density at radius 1 is 0.933 bits per heavy atom. The number of tetrazole rings is 1. The zero-order valence-electron chi connectivity index (χ0n) is 18.1. The van der Waals surface area contributed by atoms with E-state index in [1.807, 2.05) is 16.8 Å². The van der Waals surface area contributed by atoms with Gasteiger partial charge in [-0.1, -0.05) is 42.0 Å². The maximum Gasteiger partial charge on any atom is 0.173 e. The van der Waals surface area contributed by atoms with E-state index in [-0.39, 0.29) is 17.4 Å². The highest BCUT2D eigenvalue weighted by molar-refractivity contribution is 5.48. The molecule has 6 nitrogen and oxygen atoms in total. The second-order valence-electron chi connectivity index (χ2n) is 8.91. The maximum absolute atomic E-state index is 14.3. The standard InChI is InChI=1S/C23H29FN6/c1-17-9-11-18(12-10-17)21(22-25-26-27-30(22)23(2,3)4)29-15-13-28(14-16-29)20-8-6-5-7-19(20)24/h5-12,21H,13-16H2,1-4H3/t21-/m0/s1. The van der Waals surface area contributed by atoms with Crippen LogP contribution in [0.3, 0.4) is 0 Å². The van der Waals surface area contributed by atoms with E-state index in [2.05, 4.69) is 77.3 Å². The van der Waals surface area contributed by atoms with Gasteiger partial charge in [-0.15, -0.1) is 5.10 Å². The number of para-hydroxylation sites is 1. The Morgan fingerprint density at radius 3 is 2.23 bits per heavy atom. The summed E-state index contributed by atoms with van der Waals surface area (Å²) >= 11 is 0. The number of aryl methyl sites for hydroxylation is 1. The molecule has 0 amide bonds. The summed E-state index contributed by atoms with van der Waals surface area (Å²) in [5, 5.41) is 12.7. The number of nitrogens with zero attached hydrogens (tertiary/aromatic N) is 6. The number of hydrogen-bond donors (Lipinski definition) is 0. The van der Waals surface area contributed by atoms with Crippen LogP contribution in [0.4, 0.5) is 10.1 Å². The molecule has 1 atom stereocenters. The second kappa shape index (κ2) is 8.14. The molecule has 0 bridgehead atoms. The van der Waals surface area contributed by atoms with E-state index in [0.29, 0.717) is 5.69 Å². The summed E-state index contributed by atoms with van der Waals surface area (Å²) < 4.78 is 16.2. The normalized spacial score (nSPS) is 16.6. The van der Waals surface area contributed by atoms with E-state index in [9.17, 15) is 4.39 Å². The summed E-state index contributed by atoms with van der Waals surface area (Å²) in [5.74, 6) is 0.670. The molecule has 30 heavy (non-hydrogen) atoms. The molecular formula is C23H29FN6. The number of hydrogen-bond acceptors (Lipinski definition) is 5. The fourth-order valence-corrected chi connectivity index (χ4v) is 4.04. The molecule has 0 spiro atoms. The van der Waals surface area contributed by atoms with Crippen molar-refractivity contribution >= 4 is 5.69 Å². The Morgan fingerprint density at radius 2 is 1.60 bits per heavy atom. The summed E-state index contributed by atoms with van der Waals surface area (Å²) in [7, 11) is 0. The quantitative estimate of drug-likeness (QED) is 0.657. The molecule has 1 aromatic heterocycles. The van der Waals surface area contributed by atoms with Crippen LogP contribution >= 0.6 is 0 Å². The van der Waals surface area contributed by atoms with Crippen molar-refractivity contribution in [3.63, 3.8) is 0 Å². The Labute approximate surface area is 177 Å². The van der Waals surface area contributed by atoms with Gasteiger partial charge in [0.1, 0.15) is 5.82 Å². The van der Waals surface area contributed by atoms with Crippen LogP contribution in [0.15, 0.2) is 48.5 Å². The van der Waals surface area contributed by atoms with Crippen LogP contribution in [0.2, 0.25) is 0 Å². The van der Waals surface area contributed by atoms with Crippen molar-refractivity contribution in [2.45, 2.75) is 39.3 Å². The van der Waals surface area contributed by atoms with Crippen LogP contribution in [-0.4, -0.2) is 51.3 Å². The van der Waals surface area contributed by atoms with Crippen molar-refractivity contribution in [2.24, 2.45) is 0 Å². The van der Waals surface area contributed by atoms with E-state index < -0.39 is 0 Å². The fraction of sp³-hybridized carbons (Fsp3) is 0.435. The van der Waals surface area contributed by atoms with Gasteiger partial charge in [-0.05, 0) is 55.8 Å². The van der Waals surface area contributed by atoms with Crippen molar-refractivity contribution < 1.29 is 4.39 Å². The molecule has 2 heterocycles. The molecule has 1 saturated heterocycles. The Balaban J connectivity index is 1.64. The van der Waals surface area contributed by atoms with Crippen molar-refractivity contribution in [3.8, 4) is 0 Å². The molecule has 1 aliphatic heterocycles. The van der Waals surface area contributed by atoms with Crippen LogP contribution in [0.5, 0.6) is 0 Å².